The average Bonchev–Trinajstić information content (AvgIpc) is 3.17. The van der Waals surface area contributed by atoms with Gasteiger partial charge in [-0.2, -0.15) is 4.31 Å². The van der Waals surface area contributed by atoms with E-state index >= 15 is 0 Å². The van der Waals surface area contributed by atoms with Crippen LogP contribution in [0.15, 0.2) is 59.5 Å². The molecular formula is C27H26ClFN4O6S. The van der Waals surface area contributed by atoms with Crippen LogP contribution in [0.4, 0.5) is 9.18 Å². The number of nitrogens with one attached hydrogen (secondary N) is 1. The molecule has 0 aromatic heterocycles. The number of nitrogens with zero attached hydrogens (tertiary/aromatic N) is 3. The van der Waals surface area contributed by atoms with Crippen LogP contribution in [0.3, 0.4) is 0 Å². The number of sulfonamides is 1. The number of urea groups is 1. The molecule has 3 aromatic rings. The van der Waals surface area contributed by atoms with E-state index in [0.29, 0.717) is 11.3 Å². The van der Waals surface area contributed by atoms with Crippen molar-refractivity contribution < 1.29 is 31.9 Å². The second-order valence-electron chi connectivity index (χ2n) is 9.74. The van der Waals surface area contributed by atoms with E-state index in [1.54, 1.807) is 26.2 Å². The lowest BCUT2D eigenvalue weighted by Gasteiger charge is -2.34. The lowest BCUT2D eigenvalue weighted by atomic mass is 9.90. The molecule has 2 saturated heterocycles. The fourth-order valence-corrected chi connectivity index (χ4v) is 6.59. The Balaban J connectivity index is 1.25. The van der Waals surface area contributed by atoms with Crippen LogP contribution < -0.4 is 10.1 Å². The van der Waals surface area contributed by atoms with Gasteiger partial charge in [-0.25, -0.2) is 17.6 Å². The molecule has 40 heavy (non-hydrogen) atoms. The van der Waals surface area contributed by atoms with Crippen molar-refractivity contribution in [1.29, 1.82) is 0 Å². The number of carbonyl (C=O) groups excluding carboxylic acids is 3. The van der Waals surface area contributed by atoms with Crippen LogP contribution in [-0.4, -0.2) is 80.2 Å². The minimum atomic E-state index is -3.95. The molecule has 1 N–H and O–H groups in total. The first-order valence-corrected chi connectivity index (χ1v) is 14.2. The number of imide groups is 1. The van der Waals surface area contributed by atoms with Crippen LogP contribution in [-0.2, 0) is 25.2 Å². The van der Waals surface area contributed by atoms with Crippen molar-refractivity contribution in [3.63, 3.8) is 0 Å². The van der Waals surface area contributed by atoms with Gasteiger partial charge in [0, 0.05) is 26.2 Å². The molecule has 1 atom stereocenters. The van der Waals surface area contributed by atoms with Gasteiger partial charge < -0.3 is 15.0 Å². The molecular weight excluding hydrogens is 563 g/mol. The van der Waals surface area contributed by atoms with Crippen LogP contribution in [0.5, 0.6) is 5.75 Å². The SMILES string of the molecule is COc1ccc2cc(C3(C)NC(=O)N(CC(=O)N4CCN(S(=O)(=O)c5ccc(F)c(Cl)c5)CC4)C3=O)ccc2c1. The molecule has 2 fully saturated rings. The minimum absolute atomic E-state index is 0.0111. The highest BCUT2D eigenvalue weighted by atomic mass is 35.5. The van der Waals surface area contributed by atoms with Crippen LogP contribution in [0.25, 0.3) is 10.8 Å². The van der Waals surface area contributed by atoms with Gasteiger partial charge in [0.25, 0.3) is 5.91 Å². The molecule has 4 amide bonds. The third-order valence-electron chi connectivity index (χ3n) is 7.31. The Morgan fingerprint density at radius 2 is 1.70 bits per heavy atom. The number of rotatable bonds is 6. The number of hydrogen-bond acceptors (Lipinski definition) is 6. The quantitative estimate of drug-likeness (QED) is 0.443. The zero-order valence-electron chi connectivity index (χ0n) is 21.7. The van der Waals surface area contributed by atoms with E-state index in [0.717, 1.165) is 33.9 Å². The molecule has 210 valence electrons. The van der Waals surface area contributed by atoms with Gasteiger partial charge in [-0.1, -0.05) is 29.8 Å². The lowest BCUT2D eigenvalue weighted by Crippen LogP contribution is -2.53. The van der Waals surface area contributed by atoms with Crippen molar-refractivity contribution in [2.24, 2.45) is 0 Å². The van der Waals surface area contributed by atoms with Gasteiger partial charge in [-0.05, 0) is 59.7 Å². The Kier molecular flexibility index (Phi) is 7.19. The maximum Gasteiger partial charge on any atom is 0.325 e. The molecule has 2 heterocycles. The molecule has 0 bridgehead atoms. The van der Waals surface area contributed by atoms with E-state index in [1.165, 1.54) is 9.21 Å². The molecule has 1 unspecified atom stereocenters. The highest BCUT2D eigenvalue weighted by Gasteiger charge is 2.50. The fourth-order valence-electron chi connectivity index (χ4n) is 4.90. The Labute approximate surface area is 235 Å². The number of fused-ring (bicyclic) bond motifs is 1. The van der Waals surface area contributed by atoms with Crippen molar-refractivity contribution in [3.8, 4) is 5.75 Å². The summed E-state index contributed by atoms with van der Waals surface area (Å²) in [6.45, 7) is 1.20. The molecule has 2 aliphatic rings. The number of piperazine rings is 1. The Hall–Kier alpha value is -3.74. The first-order valence-electron chi connectivity index (χ1n) is 12.4. The van der Waals surface area contributed by atoms with Crippen LogP contribution in [0, 0.1) is 5.82 Å². The standard InChI is InChI=1S/C27H26ClFN4O6S/c1-27(19-5-3-18-14-20(39-2)6-4-17(18)13-19)25(35)33(26(36)30-27)16-24(34)31-9-11-32(12-10-31)40(37,38)21-7-8-23(29)22(28)15-21/h3-8,13-15H,9-12,16H2,1-2H3,(H,30,36). The van der Waals surface area contributed by atoms with Crippen LogP contribution in [0.2, 0.25) is 5.02 Å². The lowest BCUT2D eigenvalue weighted by molar-refractivity contribution is -0.139. The van der Waals surface area contributed by atoms with Crippen molar-refractivity contribution in [2.75, 3.05) is 39.8 Å². The summed E-state index contributed by atoms with van der Waals surface area (Å²) in [5.41, 5.74) is -0.799. The first-order chi connectivity index (χ1) is 18.9. The van der Waals surface area contributed by atoms with Gasteiger partial charge in [0.15, 0.2) is 0 Å². The van der Waals surface area contributed by atoms with Gasteiger partial charge in [-0.15, -0.1) is 0 Å². The molecule has 3 aromatic carbocycles. The maximum absolute atomic E-state index is 13.5. The highest BCUT2D eigenvalue weighted by Crippen LogP contribution is 2.32. The predicted octanol–water partition coefficient (Wildman–Crippen LogP) is 2.94. The molecule has 0 saturated carbocycles. The summed E-state index contributed by atoms with van der Waals surface area (Å²) >= 11 is 5.74. The highest BCUT2D eigenvalue weighted by molar-refractivity contribution is 7.89. The Morgan fingerprint density at radius 1 is 1.02 bits per heavy atom. The summed E-state index contributed by atoms with van der Waals surface area (Å²) in [5, 5.41) is 4.16. The summed E-state index contributed by atoms with van der Waals surface area (Å²) in [7, 11) is -2.37. The third kappa shape index (κ3) is 4.87. The Bertz CT molecular complexity index is 1640. The second-order valence-corrected chi connectivity index (χ2v) is 12.1. The smallest absolute Gasteiger partial charge is 0.325 e. The summed E-state index contributed by atoms with van der Waals surface area (Å²) in [5.74, 6) is -1.08. The van der Waals surface area contributed by atoms with Gasteiger partial charge >= 0.3 is 6.03 Å². The maximum atomic E-state index is 13.5. The normalized spacial score (nSPS) is 20.2. The zero-order chi connectivity index (χ0) is 28.8. The number of benzene rings is 3. The minimum Gasteiger partial charge on any atom is -0.497 e. The molecule has 0 aliphatic carbocycles. The topological polar surface area (TPSA) is 116 Å². The van der Waals surface area contributed by atoms with Crippen molar-refractivity contribution >= 4 is 50.2 Å². The molecule has 2 aliphatic heterocycles. The van der Waals surface area contributed by atoms with Crippen molar-refractivity contribution in [1.82, 2.24) is 19.4 Å². The monoisotopic (exact) mass is 588 g/mol. The molecule has 5 rings (SSSR count). The molecule has 10 nitrogen and oxygen atoms in total. The van der Waals surface area contributed by atoms with Gasteiger partial charge in [-0.3, -0.25) is 14.5 Å². The summed E-state index contributed by atoms with van der Waals surface area (Å²) < 4.78 is 45.8. The van der Waals surface area contributed by atoms with E-state index in [-0.39, 0.29) is 36.1 Å². The number of hydrogen-bond donors (Lipinski definition) is 1. The largest absolute Gasteiger partial charge is 0.497 e. The number of ether oxygens (including phenoxy) is 1. The van der Waals surface area contributed by atoms with Crippen LogP contribution >= 0.6 is 11.6 Å². The van der Waals surface area contributed by atoms with Crippen molar-refractivity contribution in [2.45, 2.75) is 17.4 Å². The molecule has 13 heteroatoms. The van der Waals surface area contributed by atoms with E-state index < -0.39 is 45.8 Å². The number of methoxy groups -OCH3 is 1. The van der Waals surface area contributed by atoms with E-state index in [4.69, 9.17) is 16.3 Å². The molecule has 0 radical (unpaired) electrons. The number of carbonyl (C=O) groups is 3. The molecule has 0 spiro atoms. The van der Waals surface area contributed by atoms with E-state index in [9.17, 15) is 27.2 Å². The summed E-state index contributed by atoms with van der Waals surface area (Å²) in [6.07, 6.45) is 0. The second kappa shape index (κ2) is 10.3. The predicted molar refractivity (Wildman–Crippen MR) is 145 cm³/mol. The van der Waals surface area contributed by atoms with E-state index in [2.05, 4.69) is 5.32 Å². The third-order valence-corrected chi connectivity index (χ3v) is 9.50. The van der Waals surface area contributed by atoms with Gasteiger partial charge in [0.2, 0.25) is 15.9 Å². The summed E-state index contributed by atoms with van der Waals surface area (Å²) in [4.78, 5) is 41.4. The van der Waals surface area contributed by atoms with Crippen LogP contribution in [0.1, 0.15) is 12.5 Å². The number of halogens is 2. The first kappa shape index (κ1) is 27.8. The average molecular weight is 589 g/mol. The number of amides is 4. The van der Waals surface area contributed by atoms with Crippen molar-refractivity contribution in [3.05, 3.63) is 71.0 Å². The van der Waals surface area contributed by atoms with Gasteiger partial charge in [0.05, 0.1) is 17.0 Å². The Morgan fingerprint density at radius 3 is 2.38 bits per heavy atom. The fraction of sp³-hybridized carbons (Fsp3) is 0.296. The zero-order valence-corrected chi connectivity index (χ0v) is 23.3. The summed E-state index contributed by atoms with van der Waals surface area (Å²) in [6, 6.07) is 13.4. The van der Waals surface area contributed by atoms with E-state index in [1.807, 2.05) is 24.3 Å². The van der Waals surface area contributed by atoms with Gasteiger partial charge in [0.1, 0.15) is 23.7 Å².